The molecule has 0 bridgehead atoms. The van der Waals surface area contributed by atoms with Crippen LogP contribution in [0.3, 0.4) is 0 Å². The summed E-state index contributed by atoms with van der Waals surface area (Å²) >= 11 is 0. The summed E-state index contributed by atoms with van der Waals surface area (Å²) in [5, 5.41) is 13.4. The van der Waals surface area contributed by atoms with E-state index in [-0.39, 0.29) is 23.5 Å². The number of amides is 1. The predicted molar refractivity (Wildman–Crippen MR) is 118 cm³/mol. The molecule has 33 heavy (non-hydrogen) atoms. The van der Waals surface area contributed by atoms with E-state index in [4.69, 9.17) is 5.73 Å². The third kappa shape index (κ3) is 6.42. The van der Waals surface area contributed by atoms with E-state index in [0.717, 1.165) is 44.9 Å². The quantitative estimate of drug-likeness (QED) is 0.370. The van der Waals surface area contributed by atoms with Crippen LogP contribution in [0, 0.1) is 10.1 Å². The Labute approximate surface area is 189 Å². The van der Waals surface area contributed by atoms with E-state index >= 15 is 0 Å². The summed E-state index contributed by atoms with van der Waals surface area (Å²) in [7, 11) is 0. The van der Waals surface area contributed by atoms with Gasteiger partial charge in [-0.15, -0.1) is 0 Å². The number of nitrogens with zero attached hydrogens (tertiary/aromatic N) is 3. The highest BCUT2D eigenvalue weighted by atomic mass is 19.4. The Morgan fingerprint density at radius 2 is 1.79 bits per heavy atom. The molecule has 1 amide bonds. The number of rotatable bonds is 7. The summed E-state index contributed by atoms with van der Waals surface area (Å²) in [5.41, 5.74) is 5.57. The van der Waals surface area contributed by atoms with Gasteiger partial charge in [0.1, 0.15) is 0 Å². The van der Waals surface area contributed by atoms with E-state index in [1.165, 1.54) is 24.3 Å². The standard InChI is InChI=1S/C22H26F3N5O3/c1-2-28-5-7-29(8-6-28)14-15-9-17(11-18(10-15)22(23,24)25)21(31)27-13-16-3-4-19(30(32)33)12-20(16)26/h3-4,9-12H,2,5-8,13-14,26H2,1H3,(H,27,31). The Kier molecular flexibility index (Phi) is 7.54. The van der Waals surface area contributed by atoms with Gasteiger partial charge in [-0.3, -0.25) is 19.8 Å². The smallest absolute Gasteiger partial charge is 0.398 e. The molecule has 0 saturated carbocycles. The molecule has 0 aromatic heterocycles. The van der Waals surface area contributed by atoms with Gasteiger partial charge in [0.15, 0.2) is 0 Å². The minimum atomic E-state index is -4.59. The topological polar surface area (TPSA) is 105 Å². The molecule has 1 heterocycles. The van der Waals surface area contributed by atoms with Gasteiger partial charge in [-0.2, -0.15) is 13.2 Å². The van der Waals surface area contributed by atoms with Gasteiger partial charge >= 0.3 is 6.18 Å². The van der Waals surface area contributed by atoms with Crippen LogP contribution in [0.15, 0.2) is 36.4 Å². The normalized spacial score (nSPS) is 15.4. The molecule has 0 radical (unpaired) electrons. The second-order valence-electron chi connectivity index (χ2n) is 7.95. The van der Waals surface area contributed by atoms with E-state index in [1.807, 2.05) is 0 Å². The van der Waals surface area contributed by atoms with E-state index in [2.05, 4.69) is 22.0 Å². The molecule has 0 atom stereocenters. The lowest BCUT2D eigenvalue weighted by atomic mass is 10.0. The van der Waals surface area contributed by atoms with Crippen molar-refractivity contribution >= 4 is 17.3 Å². The predicted octanol–water partition coefficient (Wildman–Crippen LogP) is 3.26. The minimum Gasteiger partial charge on any atom is -0.398 e. The van der Waals surface area contributed by atoms with Gasteiger partial charge in [0.05, 0.1) is 10.5 Å². The SMILES string of the molecule is CCN1CCN(Cc2cc(C(=O)NCc3ccc([N+](=O)[O-])cc3N)cc(C(F)(F)F)c2)CC1. The van der Waals surface area contributed by atoms with Crippen molar-refractivity contribution < 1.29 is 22.9 Å². The number of likely N-dealkylation sites (N-methyl/N-ethyl adjacent to an activating group) is 1. The molecular formula is C22H26F3N5O3. The summed E-state index contributed by atoms with van der Waals surface area (Å²) in [6.45, 7) is 6.41. The number of nitrogens with two attached hydrogens (primary N) is 1. The van der Waals surface area contributed by atoms with Crippen molar-refractivity contribution in [3.8, 4) is 0 Å². The van der Waals surface area contributed by atoms with Crippen LogP contribution in [0.5, 0.6) is 0 Å². The van der Waals surface area contributed by atoms with Gasteiger partial charge in [-0.25, -0.2) is 0 Å². The highest BCUT2D eigenvalue weighted by molar-refractivity contribution is 5.94. The molecule has 0 unspecified atom stereocenters. The fourth-order valence-electron chi connectivity index (χ4n) is 3.73. The van der Waals surface area contributed by atoms with Crippen LogP contribution in [-0.2, 0) is 19.3 Å². The lowest BCUT2D eigenvalue weighted by Crippen LogP contribution is -2.45. The molecule has 1 aliphatic heterocycles. The van der Waals surface area contributed by atoms with Crippen molar-refractivity contribution in [2.75, 3.05) is 38.5 Å². The van der Waals surface area contributed by atoms with Crippen LogP contribution in [0.1, 0.15) is 34.0 Å². The number of carbonyl (C=O) groups excluding carboxylic acids is 1. The van der Waals surface area contributed by atoms with Crippen molar-refractivity contribution in [3.63, 3.8) is 0 Å². The number of carbonyl (C=O) groups is 1. The molecule has 1 fully saturated rings. The molecule has 11 heteroatoms. The summed E-state index contributed by atoms with van der Waals surface area (Å²) in [5.74, 6) is -0.684. The molecule has 2 aromatic carbocycles. The first kappa shape index (κ1) is 24.5. The Balaban J connectivity index is 1.75. The number of non-ortho nitro benzene ring substituents is 1. The number of hydrogen-bond acceptors (Lipinski definition) is 6. The van der Waals surface area contributed by atoms with Crippen LogP contribution >= 0.6 is 0 Å². The van der Waals surface area contributed by atoms with Crippen LogP contribution in [-0.4, -0.2) is 53.4 Å². The highest BCUT2D eigenvalue weighted by Crippen LogP contribution is 2.31. The summed E-state index contributed by atoms with van der Waals surface area (Å²) in [4.78, 5) is 27.2. The molecule has 0 spiro atoms. The number of anilines is 1. The van der Waals surface area contributed by atoms with Gasteiger partial charge in [-0.1, -0.05) is 6.92 Å². The van der Waals surface area contributed by atoms with Gasteiger partial charge in [0.2, 0.25) is 0 Å². The van der Waals surface area contributed by atoms with Crippen molar-refractivity contribution in [2.24, 2.45) is 0 Å². The third-order valence-electron chi connectivity index (χ3n) is 5.68. The van der Waals surface area contributed by atoms with Crippen molar-refractivity contribution in [2.45, 2.75) is 26.2 Å². The average molecular weight is 465 g/mol. The van der Waals surface area contributed by atoms with Crippen LogP contribution in [0.2, 0.25) is 0 Å². The number of benzene rings is 2. The number of nitro groups is 1. The molecule has 2 aromatic rings. The number of alkyl halides is 3. The second-order valence-corrected chi connectivity index (χ2v) is 7.95. The van der Waals surface area contributed by atoms with E-state index in [1.54, 1.807) is 0 Å². The van der Waals surface area contributed by atoms with Crippen LogP contribution < -0.4 is 11.1 Å². The molecular weight excluding hydrogens is 439 g/mol. The number of hydrogen-bond donors (Lipinski definition) is 2. The lowest BCUT2D eigenvalue weighted by molar-refractivity contribution is -0.384. The zero-order valence-electron chi connectivity index (χ0n) is 18.2. The Hall–Kier alpha value is -3.18. The minimum absolute atomic E-state index is 0.0762. The summed E-state index contributed by atoms with van der Waals surface area (Å²) in [6.07, 6.45) is -4.59. The molecule has 1 aliphatic rings. The van der Waals surface area contributed by atoms with Crippen LogP contribution in [0.4, 0.5) is 24.5 Å². The average Bonchev–Trinajstić information content (AvgIpc) is 2.77. The highest BCUT2D eigenvalue weighted by Gasteiger charge is 2.32. The molecule has 3 rings (SSSR count). The van der Waals surface area contributed by atoms with Crippen molar-refractivity contribution in [1.29, 1.82) is 0 Å². The number of nitro benzene ring substituents is 1. The largest absolute Gasteiger partial charge is 0.416 e. The first-order valence-electron chi connectivity index (χ1n) is 10.5. The third-order valence-corrected chi connectivity index (χ3v) is 5.68. The lowest BCUT2D eigenvalue weighted by Gasteiger charge is -2.34. The van der Waals surface area contributed by atoms with Gasteiger partial charge < -0.3 is 16.0 Å². The fourth-order valence-corrected chi connectivity index (χ4v) is 3.73. The zero-order chi connectivity index (χ0) is 24.2. The maximum atomic E-state index is 13.5. The molecule has 3 N–H and O–H groups in total. The number of nitrogens with one attached hydrogen (secondary N) is 1. The maximum absolute atomic E-state index is 13.5. The van der Waals surface area contributed by atoms with E-state index in [9.17, 15) is 28.1 Å². The maximum Gasteiger partial charge on any atom is 0.416 e. The van der Waals surface area contributed by atoms with Gasteiger partial charge in [0, 0.05) is 62.7 Å². The zero-order valence-corrected chi connectivity index (χ0v) is 18.2. The molecule has 1 saturated heterocycles. The number of halogens is 3. The van der Waals surface area contributed by atoms with E-state index in [0.29, 0.717) is 17.7 Å². The Morgan fingerprint density at radius 3 is 2.36 bits per heavy atom. The second kappa shape index (κ2) is 10.2. The summed E-state index contributed by atoms with van der Waals surface area (Å²) < 4.78 is 40.4. The van der Waals surface area contributed by atoms with E-state index < -0.39 is 22.6 Å². The monoisotopic (exact) mass is 465 g/mol. The van der Waals surface area contributed by atoms with Crippen molar-refractivity contribution in [1.82, 2.24) is 15.1 Å². The molecule has 0 aliphatic carbocycles. The fraction of sp³-hybridized carbons (Fsp3) is 0.409. The first-order chi connectivity index (χ1) is 15.6. The Morgan fingerprint density at radius 1 is 1.12 bits per heavy atom. The van der Waals surface area contributed by atoms with Crippen LogP contribution in [0.25, 0.3) is 0 Å². The van der Waals surface area contributed by atoms with Gasteiger partial charge in [0.25, 0.3) is 11.6 Å². The Bertz CT molecular complexity index is 1020. The van der Waals surface area contributed by atoms with Crippen molar-refractivity contribution in [3.05, 3.63) is 68.8 Å². The first-order valence-corrected chi connectivity index (χ1v) is 10.5. The van der Waals surface area contributed by atoms with Gasteiger partial charge in [-0.05, 0) is 41.9 Å². The molecule has 8 nitrogen and oxygen atoms in total. The summed E-state index contributed by atoms with van der Waals surface area (Å²) in [6, 6.07) is 7.20. The molecule has 178 valence electrons. The number of nitrogen functional groups attached to an aromatic ring is 1. The number of piperazine rings is 1.